The van der Waals surface area contributed by atoms with Crippen LogP contribution in [0.5, 0.6) is 0 Å². The van der Waals surface area contributed by atoms with Gasteiger partial charge in [0.25, 0.3) is 0 Å². The number of nitrogens with zero attached hydrogens (tertiary/aromatic N) is 3. The predicted molar refractivity (Wildman–Crippen MR) is 122 cm³/mol. The molecule has 1 N–H and O–H groups in total. The quantitative estimate of drug-likeness (QED) is 0.537. The number of nitrogens with one attached hydrogen (secondary N) is 1. The second-order valence-corrected chi connectivity index (χ2v) is 7.96. The zero-order valence-corrected chi connectivity index (χ0v) is 17.8. The van der Waals surface area contributed by atoms with Crippen LogP contribution >= 0.6 is 0 Å². The molecule has 0 radical (unpaired) electrons. The summed E-state index contributed by atoms with van der Waals surface area (Å²) in [6, 6.07) is 17.9. The van der Waals surface area contributed by atoms with Gasteiger partial charge >= 0.3 is 5.76 Å². The summed E-state index contributed by atoms with van der Waals surface area (Å²) in [5, 5.41) is 3.00. The van der Waals surface area contributed by atoms with Gasteiger partial charge in [-0.25, -0.2) is 4.79 Å². The van der Waals surface area contributed by atoms with Crippen LogP contribution in [-0.2, 0) is 11.3 Å². The summed E-state index contributed by atoms with van der Waals surface area (Å²) in [4.78, 5) is 29.0. The first kappa shape index (κ1) is 21.2. The lowest BCUT2D eigenvalue weighted by Gasteiger charge is -2.36. The summed E-state index contributed by atoms with van der Waals surface area (Å²) in [6.45, 7) is 6.35. The number of amides is 1. The number of hydrogen-bond acceptors (Lipinski definition) is 5. The van der Waals surface area contributed by atoms with Gasteiger partial charge in [-0.2, -0.15) is 0 Å². The lowest BCUT2D eigenvalue weighted by Crippen LogP contribution is -2.47. The average molecular weight is 423 g/mol. The van der Waals surface area contributed by atoms with Crippen LogP contribution in [0.15, 0.2) is 63.8 Å². The van der Waals surface area contributed by atoms with E-state index >= 15 is 0 Å². The molecule has 7 heteroatoms. The van der Waals surface area contributed by atoms with Crippen LogP contribution in [0.1, 0.15) is 19.3 Å². The number of rotatable bonds is 9. The molecule has 2 aromatic carbocycles. The van der Waals surface area contributed by atoms with Crippen LogP contribution in [-0.4, -0.2) is 54.6 Å². The zero-order chi connectivity index (χ0) is 21.5. The smallest absolute Gasteiger partial charge is 0.408 e. The number of carbonyl (C=O) groups excluding carboxylic acids is 1. The highest BCUT2D eigenvalue weighted by atomic mass is 16.4. The number of oxazole rings is 1. The van der Waals surface area contributed by atoms with E-state index in [0.29, 0.717) is 31.5 Å². The van der Waals surface area contributed by atoms with Crippen molar-refractivity contribution in [2.24, 2.45) is 0 Å². The fraction of sp³-hybridized carbons (Fsp3) is 0.417. The van der Waals surface area contributed by atoms with Crippen molar-refractivity contribution in [3.63, 3.8) is 0 Å². The van der Waals surface area contributed by atoms with Gasteiger partial charge < -0.3 is 14.6 Å². The van der Waals surface area contributed by atoms with E-state index < -0.39 is 0 Å². The molecule has 1 aliphatic rings. The molecule has 0 spiro atoms. The molecule has 1 fully saturated rings. The summed E-state index contributed by atoms with van der Waals surface area (Å²) in [7, 11) is 0. The molecule has 0 saturated carbocycles. The maximum absolute atomic E-state index is 12.1. The lowest BCUT2D eigenvalue weighted by atomic mass is 10.2. The molecule has 164 valence electrons. The number of benzene rings is 2. The van der Waals surface area contributed by atoms with Crippen molar-refractivity contribution in [1.29, 1.82) is 0 Å². The molecule has 3 aromatic rings. The maximum atomic E-state index is 12.1. The molecule has 2 heterocycles. The van der Waals surface area contributed by atoms with Gasteiger partial charge in [-0.15, -0.1) is 0 Å². The van der Waals surface area contributed by atoms with E-state index in [1.807, 2.05) is 24.3 Å². The number of aryl methyl sites for hydroxylation is 1. The second-order valence-electron chi connectivity index (χ2n) is 7.96. The molecule has 0 atom stereocenters. The molecule has 0 aliphatic carbocycles. The minimum atomic E-state index is -0.367. The van der Waals surface area contributed by atoms with Crippen LogP contribution in [0, 0.1) is 0 Å². The summed E-state index contributed by atoms with van der Waals surface area (Å²) in [5.74, 6) is -0.330. The first-order chi connectivity index (χ1) is 15.2. The predicted octanol–water partition coefficient (Wildman–Crippen LogP) is 2.70. The van der Waals surface area contributed by atoms with Crippen molar-refractivity contribution >= 4 is 22.7 Å². The number of fused-ring (bicyclic) bond motifs is 1. The highest BCUT2D eigenvalue weighted by Crippen LogP contribution is 2.15. The Kier molecular flexibility index (Phi) is 7.04. The molecule has 0 bridgehead atoms. The number of aromatic nitrogens is 1. The average Bonchev–Trinajstić information content (AvgIpc) is 3.13. The Balaban J connectivity index is 1.10. The number of carbonyl (C=O) groups is 1. The normalized spacial score (nSPS) is 14.8. The molecule has 1 amide bonds. The number of piperazine rings is 1. The topological polar surface area (TPSA) is 70.7 Å². The Hall–Kier alpha value is -3.06. The van der Waals surface area contributed by atoms with Gasteiger partial charge in [-0.1, -0.05) is 30.3 Å². The molecular weight excluding hydrogens is 392 g/mol. The molecule has 4 rings (SSSR count). The Morgan fingerprint density at radius 3 is 2.45 bits per heavy atom. The monoisotopic (exact) mass is 422 g/mol. The highest BCUT2D eigenvalue weighted by Gasteiger charge is 2.16. The van der Waals surface area contributed by atoms with E-state index in [4.69, 9.17) is 4.42 Å². The summed E-state index contributed by atoms with van der Waals surface area (Å²) >= 11 is 0. The second kappa shape index (κ2) is 10.3. The Labute approximate surface area is 182 Å². The van der Waals surface area contributed by atoms with Gasteiger partial charge in [0, 0.05) is 51.4 Å². The van der Waals surface area contributed by atoms with Crippen molar-refractivity contribution in [2.45, 2.75) is 25.8 Å². The van der Waals surface area contributed by atoms with Crippen LogP contribution in [0.25, 0.3) is 11.1 Å². The van der Waals surface area contributed by atoms with E-state index in [9.17, 15) is 9.59 Å². The molecule has 1 saturated heterocycles. The summed E-state index contributed by atoms with van der Waals surface area (Å²) in [5.41, 5.74) is 2.65. The Bertz CT molecular complexity index is 1040. The fourth-order valence-electron chi connectivity index (χ4n) is 4.11. The van der Waals surface area contributed by atoms with Crippen molar-refractivity contribution in [1.82, 2.24) is 14.8 Å². The third-order valence-electron chi connectivity index (χ3n) is 5.83. The molecule has 0 unspecified atom stereocenters. The Morgan fingerprint density at radius 1 is 0.903 bits per heavy atom. The number of anilines is 1. The minimum Gasteiger partial charge on any atom is -0.408 e. The number of para-hydroxylation sites is 3. The third-order valence-corrected chi connectivity index (χ3v) is 5.83. The largest absolute Gasteiger partial charge is 0.419 e. The lowest BCUT2D eigenvalue weighted by molar-refractivity contribution is -0.121. The molecular formula is C24H30N4O3. The van der Waals surface area contributed by atoms with Crippen LogP contribution < -0.4 is 16.0 Å². The SMILES string of the molecule is O=C(CCCn1c(=O)oc2ccccc21)NCCCN1CCN(c2ccccc2)CC1. The van der Waals surface area contributed by atoms with Crippen molar-refractivity contribution in [3.8, 4) is 0 Å². The van der Waals surface area contributed by atoms with Crippen molar-refractivity contribution in [2.75, 3.05) is 44.2 Å². The fourth-order valence-corrected chi connectivity index (χ4v) is 4.11. The van der Waals surface area contributed by atoms with E-state index in [1.54, 1.807) is 10.6 Å². The van der Waals surface area contributed by atoms with Gasteiger partial charge in [0.1, 0.15) is 0 Å². The van der Waals surface area contributed by atoms with Crippen LogP contribution in [0.3, 0.4) is 0 Å². The molecule has 1 aliphatic heterocycles. The maximum Gasteiger partial charge on any atom is 0.419 e. The van der Waals surface area contributed by atoms with Crippen LogP contribution in [0.4, 0.5) is 5.69 Å². The van der Waals surface area contributed by atoms with E-state index in [1.165, 1.54) is 5.69 Å². The van der Waals surface area contributed by atoms with Gasteiger partial charge in [0.15, 0.2) is 5.58 Å². The highest BCUT2D eigenvalue weighted by molar-refractivity contribution is 5.76. The van der Waals surface area contributed by atoms with Crippen molar-refractivity contribution < 1.29 is 9.21 Å². The van der Waals surface area contributed by atoms with E-state index in [0.717, 1.165) is 44.7 Å². The molecule has 1 aromatic heterocycles. The Morgan fingerprint density at radius 2 is 1.65 bits per heavy atom. The first-order valence-corrected chi connectivity index (χ1v) is 11.1. The summed E-state index contributed by atoms with van der Waals surface area (Å²) in [6.07, 6.45) is 1.96. The standard InChI is InChI=1S/C24H30N4O3/c29-23(12-6-15-28-21-10-4-5-11-22(21)31-24(28)30)25-13-7-14-26-16-18-27(19-17-26)20-8-2-1-3-9-20/h1-5,8-11H,6-7,12-19H2,(H,25,29). The van der Waals surface area contributed by atoms with E-state index in [-0.39, 0.29) is 11.7 Å². The number of hydrogen-bond donors (Lipinski definition) is 1. The van der Waals surface area contributed by atoms with Crippen LogP contribution in [0.2, 0.25) is 0 Å². The molecule has 7 nitrogen and oxygen atoms in total. The van der Waals surface area contributed by atoms with Gasteiger partial charge in [0.05, 0.1) is 5.52 Å². The first-order valence-electron chi connectivity index (χ1n) is 11.1. The van der Waals surface area contributed by atoms with E-state index in [2.05, 4.69) is 39.4 Å². The minimum absolute atomic E-state index is 0.0368. The van der Waals surface area contributed by atoms with Crippen molar-refractivity contribution in [3.05, 3.63) is 65.1 Å². The molecule has 31 heavy (non-hydrogen) atoms. The van der Waals surface area contributed by atoms with Gasteiger partial charge in [-0.05, 0) is 43.7 Å². The zero-order valence-electron chi connectivity index (χ0n) is 17.8. The third kappa shape index (κ3) is 5.55. The van der Waals surface area contributed by atoms with Gasteiger partial charge in [0.2, 0.25) is 5.91 Å². The van der Waals surface area contributed by atoms with Gasteiger partial charge in [-0.3, -0.25) is 14.3 Å². The summed E-state index contributed by atoms with van der Waals surface area (Å²) < 4.78 is 6.82.